The molecule has 1 atom stereocenters. The van der Waals surface area contributed by atoms with Crippen molar-refractivity contribution < 1.29 is 9.13 Å². The van der Waals surface area contributed by atoms with Gasteiger partial charge in [-0.05, 0) is 29.3 Å². The number of amidine groups is 1. The Morgan fingerprint density at radius 3 is 2.55 bits per heavy atom. The molecule has 2 aromatic heterocycles. The molecule has 5 rings (SSSR count). The smallest absolute Gasteiger partial charge is 0.142 e. The van der Waals surface area contributed by atoms with E-state index in [4.69, 9.17) is 15.5 Å². The number of aliphatic imine (C=N–C) groups is 1. The van der Waals surface area contributed by atoms with Crippen LogP contribution in [0.1, 0.15) is 22.3 Å². The van der Waals surface area contributed by atoms with E-state index in [2.05, 4.69) is 15.0 Å². The molecule has 0 spiro atoms. The van der Waals surface area contributed by atoms with Crippen LogP contribution in [0, 0.1) is 5.82 Å². The minimum absolute atomic E-state index is 0.339. The largest absolute Gasteiger partial charge is 0.497 e. The van der Waals surface area contributed by atoms with Crippen molar-refractivity contribution in [2.24, 2.45) is 10.7 Å². The summed E-state index contributed by atoms with van der Waals surface area (Å²) in [4.78, 5) is 17.6. The second-order valence-corrected chi connectivity index (χ2v) is 7.16. The van der Waals surface area contributed by atoms with Crippen molar-refractivity contribution in [3.63, 3.8) is 0 Å². The number of hydrogen-bond donors (Lipinski definition) is 1. The highest BCUT2D eigenvalue weighted by Gasteiger charge is 2.43. The molecule has 0 fully saturated rings. The van der Waals surface area contributed by atoms with Gasteiger partial charge in [0, 0.05) is 41.3 Å². The molecule has 2 aromatic carbocycles. The van der Waals surface area contributed by atoms with Gasteiger partial charge in [0.15, 0.2) is 0 Å². The van der Waals surface area contributed by atoms with Gasteiger partial charge in [0.05, 0.1) is 12.8 Å². The van der Waals surface area contributed by atoms with Crippen molar-refractivity contribution in [2.75, 3.05) is 7.11 Å². The van der Waals surface area contributed by atoms with Crippen molar-refractivity contribution in [2.45, 2.75) is 5.54 Å². The summed E-state index contributed by atoms with van der Waals surface area (Å²) >= 11 is 0. The van der Waals surface area contributed by atoms with Crippen LogP contribution in [-0.4, -0.2) is 27.9 Å². The number of rotatable bonds is 4. The lowest BCUT2D eigenvalue weighted by Crippen LogP contribution is -2.26. The molecule has 0 amide bonds. The summed E-state index contributed by atoms with van der Waals surface area (Å²) in [5, 5.41) is 0. The van der Waals surface area contributed by atoms with Crippen LogP contribution < -0.4 is 10.5 Å². The van der Waals surface area contributed by atoms with E-state index in [1.807, 2.05) is 24.3 Å². The lowest BCUT2D eigenvalue weighted by atomic mass is 9.78. The molecule has 0 saturated carbocycles. The summed E-state index contributed by atoms with van der Waals surface area (Å²) in [6.07, 6.45) is 6.46. The van der Waals surface area contributed by atoms with Gasteiger partial charge in [-0.25, -0.2) is 19.4 Å². The first-order valence-electron chi connectivity index (χ1n) is 9.64. The van der Waals surface area contributed by atoms with Gasteiger partial charge in [0.2, 0.25) is 0 Å². The molecule has 6 nitrogen and oxygen atoms in total. The second kappa shape index (κ2) is 7.28. The Balaban J connectivity index is 1.79. The average molecular weight is 411 g/mol. The summed E-state index contributed by atoms with van der Waals surface area (Å²) in [7, 11) is 1.56. The Labute approximate surface area is 178 Å². The van der Waals surface area contributed by atoms with Crippen molar-refractivity contribution in [1.29, 1.82) is 0 Å². The molecule has 1 aliphatic rings. The molecule has 3 heterocycles. The minimum atomic E-state index is -0.997. The standard InChI is InChI=1S/C24H18FN5O/c1-31-17-8-9-29-22(11-17)19-10-15(6-7-21(19)25)24(16-12-27-14-28-13-16)20-5-3-2-4-18(20)23(26)30-24/h2-14H,1H3,(H2,26,30). The van der Waals surface area contributed by atoms with Crippen molar-refractivity contribution in [3.8, 4) is 17.0 Å². The van der Waals surface area contributed by atoms with E-state index in [0.717, 1.165) is 22.3 Å². The third kappa shape index (κ3) is 2.93. The normalized spacial score (nSPS) is 17.2. The van der Waals surface area contributed by atoms with Gasteiger partial charge >= 0.3 is 0 Å². The molecule has 0 radical (unpaired) electrons. The number of halogens is 1. The Hall–Kier alpha value is -4.13. The number of aromatic nitrogens is 3. The number of ether oxygens (including phenoxy) is 1. The highest BCUT2D eigenvalue weighted by molar-refractivity contribution is 6.03. The van der Waals surface area contributed by atoms with Crippen molar-refractivity contribution in [1.82, 2.24) is 15.0 Å². The van der Waals surface area contributed by atoms with Gasteiger partial charge in [-0.2, -0.15) is 0 Å². The zero-order valence-corrected chi connectivity index (χ0v) is 16.7. The summed E-state index contributed by atoms with van der Waals surface area (Å²) in [5.41, 5.74) is 9.31. The minimum Gasteiger partial charge on any atom is -0.497 e. The highest BCUT2D eigenvalue weighted by Crippen LogP contribution is 2.46. The highest BCUT2D eigenvalue weighted by atomic mass is 19.1. The van der Waals surface area contributed by atoms with Crippen LogP contribution in [0.15, 0.2) is 84.5 Å². The fraction of sp³-hybridized carbons (Fsp3) is 0.0833. The van der Waals surface area contributed by atoms with Crippen LogP contribution in [0.25, 0.3) is 11.3 Å². The maximum atomic E-state index is 14.9. The fourth-order valence-electron chi connectivity index (χ4n) is 4.05. The number of nitrogens with two attached hydrogens (primary N) is 1. The van der Waals surface area contributed by atoms with Crippen molar-refractivity contribution in [3.05, 3.63) is 108 Å². The second-order valence-electron chi connectivity index (χ2n) is 7.16. The molecule has 7 heteroatoms. The number of hydrogen-bond acceptors (Lipinski definition) is 6. The zero-order chi connectivity index (χ0) is 21.4. The van der Waals surface area contributed by atoms with Crippen LogP contribution in [-0.2, 0) is 5.54 Å². The number of pyridine rings is 1. The lowest BCUT2D eigenvalue weighted by molar-refractivity contribution is 0.414. The molecular formula is C24H18FN5O. The predicted molar refractivity (Wildman–Crippen MR) is 115 cm³/mol. The van der Waals surface area contributed by atoms with E-state index < -0.39 is 11.4 Å². The molecule has 31 heavy (non-hydrogen) atoms. The van der Waals surface area contributed by atoms with E-state index in [1.165, 1.54) is 12.4 Å². The number of benzene rings is 2. The Morgan fingerprint density at radius 1 is 0.935 bits per heavy atom. The Kier molecular flexibility index (Phi) is 4.43. The summed E-state index contributed by atoms with van der Waals surface area (Å²) in [5.74, 6) is 0.603. The summed E-state index contributed by atoms with van der Waals surface area (Å²) < 4.78 is 20.2. The monoisotopic (exact) mass is 411 g/mol. The molecule has 1 aliphatic heterocycles. The SMILES string of the molecule is COc1ccnc(-c2cc(C3(c4cncnc4)N=C(N)c4ccccc43)ccc2F)c1. The van der Waals surface area contributed by atoms with Gasteiger partial charge in [0.25, 0.3) is 0 Å². The van der Waals surface area contributed by atoms with Crippen LogP contribution in [0.5, 0.6) is 5.75 Å². The van der Waals surface area contributed by atoms with Gasteiger partial charge in [-0.15, -0.1) is 0 Å². The molecule has 4 aromatic rings. The topological polar surface area (TPSA) is 86.3 Å². The van der Waals surface area contributed by atoms with Crippen LogP contribution >= 0.6 is 0 Å². The third-order valence-corrected chi connectivity index (χ3v) is 5.49. The predicted octanol–water partition coefficient (Wildman–Crippen LogP) is 3.70. The van der Waals surface area contributed by atoms with E-state index in [1.54, 1.807) is 50.0 Å². The molecule has 2 N–H and O–H groups in total. The van der Waals surface area contributed by atoms with Crippen molar-refractivity contribution >= 4 is 5.84 Å². The van der Waals surface area contributed by atoms with Crippen LogP contribution in [0.4, 0.5) is 4.39 Å². The van der Waals surface area contributed by atoms with E-state index in [9.17, 15) is 4.39 Å². The van der Waals surface area contributed by atoms with Gasteiger partial charge < -0.3 is 10.5 Å². The molecule has 0 bridgehead atoms. The fourth-order valence-corrected chi connectivity index (χ4v) is 4.05. The third-order valence-electron chi connectivity index (χ3n) is 5.49. The van der Waals surface area contributed by atoms with E-state index >= 15 is 0 Å². The van der Waals surface area contributed by atoms with Crippen LogP contribution in [0.3, 0.4) is 0 Å². The van der Waals surface area contributed by atoms with E-state index in [-0.39, 0.29) is 0 Å². The first-order valence-corrected chi connectivity index (χ1v) is 9.64. The Morgan fingerprint density at radius 2 is 1.74 bits per heavy atom. The summed E-state index contributed by atoms with van der Waals surface area (Å²) in [6.45, 7) is 0. The first kappa shape index (κ1) is 18.9. The zero-order valence-electron chi connectivity index (χ0n) is 16.7. The molecule has 0 saturated heterocycles. The maximum absolute atomic E-state index is 14.9. The van der Waals surface area contributed by atoms with Crippen LogP contribution in [0.2, 0.25) is 0 Å². The summed E-state index contributed by atoms with van der Waals surface area (Å²) in [6, 6.07) is 16.0. The van der Waals surface area contributed by atoms with Gasteiger partial charge in [0.1, 0.15) is 29.3 Å². The lowest BCUT2D eigenvalue weighted by Gasteiger charge is -2.28. The van der Waals surface area contributed by atoms with Gasteiger partial charge in [-0.3, -0.25) is 4.98 Å². The molecule has 1 unspecified atom stereocenters. The molecule has 0 aliphatic carbocycles. The van der Waals surface area contributed by atoms with E-state index in [0.29, 0.717) is 22.8 Å². The maximum Gasteiger partial charge on any atom is 0.142 e. The quantitative estimate of drug-likeness (QED) is 0.553. The number of nitrogens with zero attached hydrogens (tertiary/aromatic N) is 4. The number of methoxy groups -OCH3 is 1. The first-order chi connectivity index (χ1) is 15.1. The Bertz CT molecular complexity index is 1310. The number of fused-ring (bicyclic) bond motifs is 1. The van der Waals surface area contributed by atoms with Gasteiger partial charge in [-0.1, -0.05) is 30.3 Å². The molecule has 152 valence electrons. The molecular weight excluding hydrogens is 393 g/mol. The average Bonchev–Trinajstić information content (AvgIpc) is 3.13.